The molecule has 2 fully saturated rings. The molecule has 2 saturated heterocycles. The highest BCUT2D eigenvalue weighted by atomic mass is 35.5. The number of halogens is 1. The zero-order valence-corrected chi connectivity index (χ0v) is 22.6. The Morgan fingerprint density at radius 2 is 1.59 bits per heavy atom. The second kappa shape index (κ2) is 11.9. The molecule has 0 aromatic heterocycles. The molecule has 0 unspecified atom stereocenters. The first kappa shape index (κ1) is 27.6. The molecule has 3 aliphatic rings. The molecule has 0 aliphatic carbocycles. The van der Waals surface area contributed by atoms with Crippen LogP contribution >= 0.6 is 24.6 Å². The van der Waals surface area contributed by atoms with E-state index < -0.39 is 10.0 Å². The second-order valence-corrected chi connectivity index (χ2v) is 11.1. The molecule has 1 N–H and O–H groups in total. The average Bonchev–Trinajstić information content (AvgIpc) is 3.38. The van der Waals surface area contributed by atoms with E-state index in [0.717, 1.165) is 36.7 Å². The van der Waals surface area contributed by atoms with Crippen LogP contribution in [0.5, 0.6) is 11.5 Å². The van der Waals surface area contributed by atoms with Gasteiger partial charge in [-0.05, 0) is 54.2 Å². The fraction of sp³-hybridized carbons (Fsp3) is 0.417. The molecule has 1 amide bonds. The molecular formula is C24H29ClN4O6S2. The summed E-state index contributed by atoms with van der Waals surface area (Å²) in [5.74, 6) is 1.19. The minimum atomic E-state index is -3.61. The quantitative estimate of drug-likeness (QED) is 0.540. The van der Waals surface area contributed by atoms with Gasteiger partial charge >= 0.3 is 0 Å². The minimum Gasteiger partial charge on any atom is -0.454 e. The highest BCUT2D eigenvalue weighted by Gasteiger charge is 2.27. The molecule has 2 aromatic carbocycles. The first-order chi connectivity index (χ1) is 17.4. The highest BCUT2D eigenvalue weighted by Crippen LogP contribution is 2.32. The Morgan fingerprint density at radius 3 is 2.30 bits per heavy atom. The van der Waals surface area contributed by atoms with Crippen LogP contribution in [-0.4, -0.2) is 92.8 Å². The van der Waals surface area contributed by atoms with Crippen LogP contribution in [-0.2, 0) is 21.3 Å². The molecule has 13 heteroatoms. The van der Waals surface area contributed by atoms with Crippen LogP contribution in [0.25, 0.3) is 0 Å². The number of benzene rings is 2. The van der Waals surface area contributed by atoms with Gasteiger partial charge in [-0.15, -0.1) is 12.4 Å². The summed E-state index contributed by atoms with van der Waals surface area (Å²) in [4.78, 5) is 17.2. The van der Waals surface area contributed by atoms with Crippen molar-refractivity contribution in [2.24, 2.45) is 0 Å². The Morgan fingerprint density at radius 1 is 0.919 bits per heavy atom. The van der Waals surface area contributed by atoms with Gasteiger partial charge in [-0.1, -0.05) is 6.07 Å². The number of carbonyl (C=O) groups is 1. The molecule has 0 radical (unpaired) electrons. The number of rotatable bonds is 5. The van der Waals surface area contributed by atoms with Gasteiger partial charge in [-0.3, -0.25) is 15.0 Å². The van der Waals surface area contributed by atoms with E-state index in [1.807, 2.05) is 23.1 Å². The number of hydrogen-bond donors (Lipinski definition) is 1. The van der Waals surface area contributed by atoms with E-state index in [9.17, 15) is 13.2 Å². The predicted octanol–water partition coefficient (Wildman–Crippen LogP) is 1.69. The summed E-state index contributed by atoms with van der Waals surface area (Å²) in [6, 6.07) is 11.9. The number of morpholine rings is 1. The zero-order valence-electron chi connectivity index (χ0n) is 20.1. The van der Waals surface area contributed by atoms with Crippen molar-refractivity contribution in [3.05, 3.63) is 53.6 Å². The molecule has 0 spiro atoms. The summed E-state index contributed by atoms with van der Waals surface area (Å²) in [6.45, 7) is 5.46. The van der Waals surface area contributed by atoms with Gasteiger partial charge in [-0.2, -0.15) is 4.31 Å². The van der Waals surface area contributed by atoms with Crippen molar-refractivity contribution in [2.75, 3.05) is 59.3 Å². The van der Waals surface area contributed by atoms with Gasteiger partial charge in [0.25, 0.3) is 5.91 Å². The van der Waals surface area contributed by atoms with Gasteiger partial charge in [0.15, 0.2) is 16.6 Å². The smallest absolute Gasteiger partial charge is 0.257 e. The minimum absolute atomic E-state index is 0. The Labute approximate surface area is 227 Å². The molecule has 5 rings (SSSR count). The summed E-state index contributed by atoms with van der Waals surface area (Å²) >= 11 is 5.47. The van der Waals surface area contributed by atoms with Crippen LogP contribution < -0.4 is 14.8 Å². The summed E-state index contributed by atoms with van der Waals surface area (Å²) in [5.41, 5.74) is 1.50. The Hall–Kier alpha value is -2.48. The van der Waals surface area contributed by atoms with Crippen molar-refractivity contribution in [3.63, 3.8) is 0 Å². The molecule has 37 heavy (non-hydrogen) atoms. The van der Waals surface area contributed by atoms with Gasteiger partial charge in [-0.25, -0.2) is 8.42 Å². The molecular weight excluding hydrogens is 540 g/mol. The fourth-order valence-corrected chi connectivity index (χ4v) is 6.05. The lowest BCUT2D eigenvalue weighted by molar-refractivity contribution is 0.0730. The molecule has 0 atom stereocenters. The molecule has 0 saturated carbocycles. The monoisotopic (exact) mass is 568 g/mol. The van der Waals surface area contributed by atoms with E-state index >= 15 is 0 Å². The van der Waals surface area contributed by atoms with Gasteiger partial charge in [0.2, 0.25) is 16.8 Å². The van der Waals surface area contributed by atoms with Gasteiger partial charge in [0.1, 0.15) is 0 Å². The van der Waals surface area contributed by atoms with Crippen LogP contribution in [0.1, 0.15) is 15.9 Å². The number of hydrogen-bond acceptors (Lipinski definition) is 8. The van der Waals surface area contributed by atoms with E-state index in [4.69, 9.17) is 26.4 Å². The van der Waals surface area contributed by atoms with Crippen molar-refractivity contribution in [2.45, 2.75) is 11.4 Å². The van der Waals surface area contributed by atoms with Crippen LogP contribution in [0.4, 0.5) is 0 Å². The maximum atomic E-state index is 12.8. The highest BCUT2D eigenvalue weighted by molar-refractivity contribution is 7.89. The summed E-state index contributed by atoms with van der Waals surface area (Å²) in [6.07, 6.45) is 0. The lowest BCUT2D eigenvalue weighted by atomic mass is 10.1. The maximum Gasteiger partial charge on any atom is 0.257 e. The van der Waals surface area contributed by atoms with Gasteiger partial charge < -0.3 is 19.1 Å². The van der Waals surface area contributed by atoms with Crippen LogP contribution in [0.2, 0.25) is 0 Å². The predicted molar refractivity (Wildman–Crippen MR) is 143 cm³/mol. The molecule has 0 bridgehead atoms. The second-order valence-electron chi connectivity index (χ2n) is 8.75. The molecule has 10 nitrogen and oxygen atoms in total. The number of thiocarbonyl (C=S) groups is 1. The number of ether oxygens (including phenoxy) is 3. The lowest BCUT2D eigenvalue weighted by Crippen LogP contribution is -2.52. The number of amides is 1. The number of sulfonamides is 1. The Balaban J connectivity index is 0.00000320. The normalized spacial score (nSPS) is 18.2. The molecule has 3 heterocycles. The van der Waals surface area contributed by atoms with Crippen LogP contribution in [0.15, 0.2) is 47.4 Å². The molecule has 3 aliphatic heterocycles. The largest absolute Gasteiger partial charge is 0.454 e. The SMILES string of the molecule is Cl.O=C(NC(=S)N1CCN(Cc2ccc3c(c2)OCO3)CC1)c1ccc(S(=O)(=O)N2CCOCC2)cc1. The van der Waals surface area contributed by atoms with E-state index in [2.05, 4.69) is 10.2 Å². The number of nitrogens with zero attached hydrogens (tertiary/aromatic N) is 3. The third-order valence-corrected chi connectivity index (χ3v) is 8.72. The number of nitrogens with one attached hydrogen (secondary N) is 1. The third-order valence-electron chi connectivity index (χ3n) is 6.45. The Bertz CT molecular complexity index is 1230. The van der Waals surface area contributed by atoms with E-state index in [-0.39, 0.29) is 30.0 Å². The van der Waals surface area contributed by atoms with Crippen molar-refractivity contribution in [1.82, 2.24) is 19.4 Å². The topological polar surface area (TPSA) is 101 Å². The van der Waals surface area contributed by atoms with E-state index in [0.29, 0.717) is 50.1 Å². The van der Waals surface area contributed by atoms with E-state index in [1.54, 1.807) is 0 Å². The standard InChI is InChI=1S/C24H28N4O6S2.ClH/c29-23(19-2-4-20(5-3-19)36(30,31)28-11-13-32-14-12-28)25-24(35)27-9-7-26(8-10-27)16-18-1-6-21-22(15-18)34-17-33-21;/h1-6,15H,7-14,16-17H2,(H,25,29,35);1H. The summed E-state index contributed by atoms with van der Waals surface area (Å²) in [5, 5.41) is 3.14. The molecule has 200 valence electrons. The first-order valence-electron chi connectivity index (χ1n) is 11.8. The van der Waals surface area contributed by atoms with Crippen LogP contribution in [0, 0.1) is 0 Å². The van der Waals surface area contributed by atoms with Crippen molar-refractivity contribution < 1.29 is 27.4 Å². The van der Waals surface area contributed by atoms with Crippen molar-refractivity contribution in [1.29, 1.82) is 0 Å². The zero-order chi connectivity index (χ0) is 25.1. The fourth-order valence-electron chi connectivity index (χ4n) is 4.37. The third kappa shape index (κ3) is 6.33. The van der Waals surface area contributed by atoms with E-state index in [1.165, 1.54) is 28.6 Å². The van der Waals surface area contributed by atoms with Gasteiger partial charge in [0.05, 0.1) is 18.1 Å². The number of piperazine rings is 1. The Kier molecular flexibility index (Phi) is 8.88. The summed E-state index contributed by atoms with van der Waals surface area (Å²) < 4.78 is 43.0. The van der Waals surface area contributed by atoms with Gasteiger partial charge in [0, 0.05) is 51.4 Å². The van der Waals surface area contributed by atoms with Crippen LogP contribution in [0.3, 0.4) is 0 Å². The maximum absolute atomic E-state index is 12.8. The summed E-state index contributed by atoms with van der Waals surface area (Å²) in [7, 11) is -3.61. The first-order valence-corrected chi connectivity index (χ1v) is 13.6. The van der Waals surface area contributed by atoms with Crippen molar-refractivity contribution >= 4 is 45.7 Å². The van der Waals surface area contributed by atoms with Crippen molar-refractivity contribution in [3.8, 4) is 11.5 Å². The average molecular weight is 569 g/mol. The lowest BCUT2D eigenvalue weighted by Gasteiger charge is -2.36. The number of carbonyl (C=O) groups excluding carboxylic acids is 1. The number of fused-ring (bicyclic) bond motifs is 1. The molecule has 2 aromatic rings.